The van der Waals surface area contributed by atoms with Gasteiger partial charge < -0.3 is 9.13 Å². The Kier molecular flexibility index (Phi) is 7.28. The van der Waals surface area contributed by atoms with Gasteiger partial charge in [0, 0.05) is 49.5 Å². The summed E-state index contributed by atoms with van der Waals surface area (Å²) < 4.78 is 5.04. The van der Waals surface area contributed by atoms with Gasteiger partial charge in [-0.2, -0.15) is 0 Å². The van der Waals surface area contributed by atoms with Crippen molar-refractivity contribution in [2.45, 2.75) is 49.4 Å². The predicted molar refractivity (Wildman–Crippen MR) is 244 cm³/mol. The fourth-order valence-corrected chi connectivity index (χ4v) is 12.5. The van der Waals surface area contributed by atoms with Crippen molar-refractivity contribution < 1.29 is 0 Å². The molecule has 60 heavy (non-hydrogen) atoms. The number of benzene rings is 7. The number of hydrogen-bond acceptors (Lipinski definition) is 3. The van der Waals surface area contributed by atoms with E-state index in [-0.39, 0.29) is 10.8 Å². The van der Waals surface area contributed by atoms with E-state index in [0.717, 1.165) is 47.9 Å². The smallest absolute Gasteiger partial charge is 0.163 e. The maximum absolute atomic E-state index is 5.47. The minimum atomic E-state index is -0.143. The summed E-state index contributed by atoms with van der Waals surface area (Å²) in [6, 6.07) is 64.2. The summed E-state index contributed by atoms with van der Waals surface area (Å²) in [5.74, 6) is 3.74. The molecule has 2 atom stereocenters. The Hall–Kier alpha value is -6.85. The van der Waals surface area contributed by atoms with Crippen LogP contribution in [-0.4, -0.2) is 24.1 Å². The molecule has 4 aliphatic rings. The second-order valence-electron chi connectivity index (χ2n) is 18.0. The molecule has 5 heteroatoms. The molecular formula is C55H43N5. The van der Waals surface area contributed by atoms with Crippen LogP contribution in [0.1, 0.15) is 49.9 Å². The second kappa shape index (κ2) is 12.8. The standard InChI is InChI=1S/C55H43N5/c1-3-15-38(16-4-1)51-56-52(39-17-5-2-6-18-39)58-53(57-51)55-33-36-27-37(34-55)32-54(31-36,35-55)40-28-41(59-47-23-11-7-19-43(47)44-20-8-12-24-48(44)59)30-42(29-40)60-49-25-13-9-21-45(49)46-22-10-14-26-50(46)60/h1-26,28-30,36-37H,27,31-35H2. The van der Waals surface area contributed by atoms with E-state index in [1.165, 1.54) is 79.8 Å². The molecule has 14 rings (SSSR count). The van der Waals surface area contributed by atoms with E-state index < -0.39 is 0 Å². The van der Waals surface area contributed by atoms with Gasteiger partial charge in [0.25, 0.3) is 0 Å². The SMILES string of the molecule is c1ccc(-c2nc(-c3ccccc3)nc(C34CC5CC(CC(c6cc(-n7c8ccccc8c8ccccc87)cc(-n7c8ccccc8c8ccccc87)c6)(C5)C3)C4)n2)cc1. The molecule has 0 aliphatic heterocycles. The Balaban J connectivity index is 1.05. The van der Waals surface area contributed by atoms with Gasteiger partial charge >= 0.3 is 0 Å². The maximum atomic E-state index is 5.47. The summed E-state index contributed by atoms with van der Waals surface area (Å²) in [5.41, 5.74) is 10.7. The monoisotopic (exact) mass is 773 g/mol. The Morgan fingerprint density at radius 3 is 1.22 bits per heavy atom. The zero-order chi connectivity index (χ0) is 39.4. The normalized spacial score (nSPS) is 22.1. The molecule has 0 amide bonds. The summed E-state index contributed by atoms with van der Waals surface area (Å²) in [5, 5.41) is 5.13. The number of aromatic nitrogens is 5. The van der Waals surface area contributed by atoms with Gasteiger partial charge in [-0.05, 0) is 104 Å². The van der Waals surface area contributed by atoms with Crippen LogP contribution in [-0.2, 0) is 10.8 Å². The highest BCUT2D eigenvalue weighted by molar-refractivity contribution is 6.10. The first-order valence-corrected chi connectivity index (χ1v) is 21.6. The molecule has 288 valence electrons. The molecule has 10 aromatic rings. The predicted octanol–water partition coefficient (Wildman–Crippen LogP) is 13.2. The van der Waals surface area contributed by atoms with E-state index in [0.29, 0.717) is 11.8 Å². The first kappa shape index (κ1) is 34.1. The van der Waals surface area contributed by atoms with Crippen molar-refractivity contribution in [2.24, 2.45) is 11.8 Å². The lowest BCUT2D eigenvalue weighted by Crippen LogP contribution is -2.56. The lowest BCUT2D eigenvalue weighted by Gasteiger charge is -2.62. The highest BCUT2D eigenvalue weighted by Gasteiger charge is 2.60. The highest BCUT2D eigenvalue weighted by atomic mass is 15.1. The van der Waals surface area contributed by atoms with Crippen LogP contribution in [0, 0.1) is 11.8 Å². The first-order chi connectivity index (χ1) is 29.6. The van der Waals surface area contributed by atoms with Gasteiger partial charge in [-0.1, -0.05) is 133 Å². The molecule has 4 saturated carbocycles. The van der Waals surface area contributed by atoms with Crippen LogP contribution in [0.4, 0.5) is 0 Å². The van der Waals surface area contributed by atoms with Gasteiger partial charge in [0.2, 0.25) is 0 Å². The van der Waals surface area contributed by atoms with E-state index in [9.17, 15) is 0 Å². The molecular weight excluding hydrogens is 731 g/mol. The molecule has 0 N–H and O–H groups in total. The molecule has 3 heterocycles. The average Bonchev–Trinajstić information content (AvgIpc) is 3.82. The summed E-state index contributed by atoms with van der Waals surface area (Å²) in [4.78, 5) is 16.1. The minimum Gasteiger partial charge on any atom is -0.309 e. The number of fused-ring (bicyclic) bond motifs is 6. The highest BCUT2D eigenvalue weighted by Crippen LogP contribution is 2.66. The molecule has 4 fully saturated rings. The summed E-state index contributed by atoms with van der Waals surface area (Å²) in [6.07, 6.45) is 6.96. The van der Waals surface area contributed by atoms with Gasteiger partial charge in [0.05, 0.1) is 22.1 Å². The average molecular weight is 774 g/mol. The van der Waals surface area contributed by atoms with E-state index in [1.54, 1.807) is 0 Å². The van der Waals surface area contributed by atoms with Crippen LogP contribution in [0.25, 0.3) is 77.8 Å². The van der Waals surface area contributed by atoms with E-state index in [1.807, 2.05) is 0 Å². The zero-order valence-electron chi connectivity index (χ0n) is 33.4. The minimum absolute atomic E-state index is 0.0290. The number of hydrogen-bond donors (Lipinski definition) is 0. The Bertz CT molecular complexity index is 2990. The molecule has 0 saturated heterocycles. The van der Waals surface area contributed by atoms with Crippen molar-refractivity contribution in [1.82, 2.24) is 24.1 Å². The molecule has 7 aromatic carbocycles. The third-order valence-corrected chi connectivity index (χ3v) is 14.4. The third kappa shape index (κ3) is 5.08. The molecule has 4 bridgehead atoms. The Morgan fingerprint density at radius 1 is 0.400 bits per heavy atom. The Labute approximate surface area is 349 Å². The molecule has 2 unspecified atom stereocenters. The zero-order valence-corrected chi connectivity index (χ0v) is 33.4. The quantitative estimate of drug-likeness (QED) is 0.169. The molecule has 5 nitrogen and oxygen atoms in total. The van der Waals surface area contributed by atoms with Gasteiger partial charge in [0.1, 0.15) is 5.82 Å². The van der Waals surface area contributed by atoms with Crippen molar-refractivity contribution in [2.75, 3.05) is 0 Å². The maximum Gasteiger partial charge on any atom is 0.163 e. The van der Waals surface area contributed by atoms with Crippen LogP contribution in [0.15, 0.2) is 176 Å². The van der Waals surface area contributed by atoms with Crippen molar-refractivity contribution in [1.29, 1.82) is 0 Å². The number of rotatable bonds is 6. The van der Waals surface area contributed by atoms with Gasteiger partial charge in [0.15, 0.2) is 11.6 Å². The second-order valence-corrected chi connectivity index (χ2v) is 18.0. The topological polar surface area (TPSA) is 48.5 Å². The summed E-state index contributed by atoms with van der Waals surface area (Å²) in [6.45, 7) is 0. The van der Waals surface area contributed by atoms with Gasteiger partial charge in [-0.3, -0.25) is 0 Å². The fourth-order valence-electron chi connectivity index (χ4n) is 12.5. The molecule has 3 aromatic heterocycles. The molecule has 0 radical (unpaired) electrons. The van der Waals surface area contributed by atoms with Gasteiger partial charge in [-0.15, -0.1) is 0 Å². The van der Waals surface area contributed by atoms with Crippen LogP contribution in [0.5, 0.6) is 0 Å². The Morgan fingerprint density at radius 2 is 0.783 bits per heavy atom. The van der Waals surface area contributed by atoms with Crippen molar-refractivity contribution in [3.63, 3.8) is 0 Å². The van der Waals surface area contributed by atoms with Crippen molar-refractivity contribution >= 4 is 43.6 Å². The van der Waals surface area contributed by atoms with Crippen LogP contribution < -0.4 is 0 Å². The number of para-hydroxylation sites is 4. The van der Waals surface area contributed by atoms with Crippen LogP contribution in [0.3, 0.4) is 0 Å². The summed E-state index contributed by atoms with van der Waals surface area (Å²) in [7, 11) is 0. The van der Waals surface area contributed by atoms with Gasteiger partial charge in [-0.25, -0.2) is 15.0 Å². The van der Waals surface area contributed by atoms with E-state index >= 15 is 0 Å². The van der Waals surface area contributed by atoms with E-state index in [4.69, 9.17) is 15.0 Å². The largest absolute Gasteiger partial charge is 0.309 e. The molecule has 4 aliphatic carbocycles. The number of nitrogens with zero attached hydrogens (tertiary/aromatic N) is 5. The van der Waals surface area contributed by atoms with Crippen LogP contribution in [0.2, 0.25) is 0 Å². The summed E-state index contributed by atoms with van der Waals surface area (Å²) >= 11 is 0. The fraction of sp³-hybridized carbons (Fsp3) is 0.182. The van der Waals surface area contributed by atoms with Crippen LogP contribution >= 0.6 is 0 Å². The lowest BCUT2D eigenvalue weighted by molar-refractivity contribution is -0.0319. The van der Waals surface area contributed by atoms with Crippen molar-refractivity contribution in [3.05, 3.63) is 187 Å². The lowest BCUT2D eigenvalue weighted by atomic mass is 9.42. The third-order valence-electron chi connectivity index (χ3n) is 14.4. The van der Waals surface area contributed by atoms with E-state index in [2.05, 4.69) is 185 Å². The van der Waals surface area contributed by atoms with Crippen molar-refractivity contribution in [3.8, 4) is 34.2 Å². The first-order valence-electron chi connectivity index (χ1n) is 21.6. The molecule has 0 spiro atoms.